The number of hydrogen-bond donors (Lipinski definition) is 1. The van der Waals surface area contributed by atoms with Gasteiger partial charge in [0, 0.05) is 6.04 Å². The Bertz CT molecular complexity index is 373. The topological polar surface area (TPSA) is 21.3 Å². The Kier molecular flexibility index (Phi) is 5.26. The smallest absolute Gasteiger partial charge is 0.118 e. The molecule has 1 aromatic carbocycles. The molecule has 0 bridgehead atoms. The molecule has 1 aromatic rings. The van der Waals surface area contributed by atoms with Gasteiger partial charge in [0.2, 0.25) is 0 Å². The molecule has 0 aliphatic heterocycles. The molecular formula is C17H27NO. The van der Waals surface area contributed by atoms with Crippen LogP contribution < -0.4 is 10.1 Å². The lowest BCUT2D eigenvalue weighted by atomic mass is 9.97. The molecule has 1 fully saturated rings. The molecule has 106 valence electrons. The van der Waals surface area contributed by atoms with Crippen LogP contribution in [0.3, 0.4) is 0 Å². The van der Waals surface area contributed by atoms with Crippen LogP contribution in [0, 0.1) is 11.8 Å². The SMILES string of the molecule is COc1ccc(CC(C)NCC2CCCC2C)cc1. The summed E-state index contributed by atoms with van der Waals surface area (Å²) in [6, 6.07) is 8.95. The molecule has 3 atom stereocenters. The van der Waals surface area contributed by atoms with Crippen molar-refractivity contribution in [1.82, 2.24) is 5.32 Å². The highest BCUT2D eigenvalue weighted by Crippen LogP contribution is 2.30. The summed E-state index contributed by atoms with van der Waals surface area (Å²) in [6.07, 6.45) is 5.33. The fourth-order valence-electron chi connectivity index (χ4n) is 3.07. The minimum absolute atomic E-state index is 0.543. The van der Waals surface area contributed by atoms with Crippen molar-refractivity contribution in [3.63, 3.8) is 0 Å². The number of benzene rings is 1. The predicted octanol–water partition coefficient (Wildman–Crippen LogP) is 3.65. The maximum absolute atomic E-state index is 5.19. The van der Waals surface area contributed by atoms with Crippen LogP contribution in [0.15, 0.2) is 24.3 Å². The van der Waals surface area contributed by atoms with Gasteiger partial charge in [-0.1, -0.05) is 31.9 Å². The van der Waals surface area contributed by atoms with Crippen LogP contribution in [0.4, 0.5) is 0 Å². The third-order valence-corrected chi connectivity index (χ3v) is 4.47. The standard InChI is InChI=1S/C17H27NO/c1-13-5-4-6-16(13)12-18-14(2)11-15-7-9-17(19-3)10-8-15/h7-10,13-14,16,18H,4-6,11-12H2,1-3H3. The van der Waals surface area contributed by atoms with E-state index in [-0.39, 0.29) is 0 Å². The molecule has 1 aliphatic rings. The van der Waals surface area contributed by atoms with E-state index in [1.54, 1.807) is 7.11 Å². The first-order valence-corrected chi connectivity index (χ1v) is 7.55. The zero-order valence-electron chi connectivity index (χ0n) is 12.5. The fraction of sp³-hybridized carbons (Fsp3) is 0.647. The summed E-state index contributed by atoms with van der Waals surface area (Å²) in [6.45, 7) is 5.86. The lowest BCUT2D eigenvalue weighted by Crippen LogP contribution is -2.33. The normalized spacial score (nSPS) is 24.4. The molecule has 1 aliphatic carbocycles. The molecular weight excluding hydrogens is 234 g/mol. The van der Waals surface area contributed by atoms with E-state index in [4.69, 9.17) is 4.74 Å². The molecule has 1 N–H and O–H groups in total. The monoisotopic (exact) mass is 261 g/mol. The van der Waals surface area contributed by atoms with E-state index in [9.17, 15) is 0 Å². The lowest BCUT2D eigenvalue weighted by molar-refractivity contribution is 0.371. The van der Waals surface area contributed by atoms with Crippen molar-refractivity contribution in [2.45, 2.75) is 45.6 Å². The molecule has 0 heterocycles. The second-order valence-electron chi connectivity index (χ2n) is 6.03. The Morgan fingerprint density at radius 2 is 2.00 bits per heavy atom. The van der Waals surface area contributed by atoms with Crippen LogP contribution in [-0.4, -0.2) is 19.7 Å². The maximum Gasteiger partial charge on any atom is 0.118 e. The zero-order valence-corrected chi connectivity index (χ0v) is 12.5. The van der Waals surface area contributed by atoms with Crippen molar-refractivity contribution >= 4 is 0 Å². The minimum Gasteiger partial charge on any atom is -0.497 e. The van der Waals surface area contributed by atoms with Gasteiger partial charge in [0.1, 0.15) is 5.75 Å². The number of rotatable bonds is 6. The summed E-state index contributed by atoms with van der Waals surface area (Å²) < 4.78 is 5.19. The number of methoxy groups -OCH3 is 1. The van der Waals surface area contributed by atoms with Gasteiger partial charge < -0.3 is 10.1 Å². The van der Waals surface area contributed by atoms with Crippen LogP contribution in [-0.2, 0) is 6.42 Å². The number of ether oxygens (including phenoxy) is 1. The van der Waals surface area contributed by atoms with Crippen molar-refractivity contribution in [3.8, 4) is 5.75 Å². The van der Waals surface area contributed by atoms with Crippen molar-refractivity contribution in [2.75, 3.05) is 13.7 Å². The van der Waals surface area contributed by atoms with Crippen LogP contribution in [0.25, 0.3) is 0 Å². The highest BCUT2D eigenvalue weighted by molar-refractivity contribution is 5.27. The highest BCUT2D eigenvalue weighted by atomic mass is 16.5. The van der Waals surface area contributed by atoms with Gasteiger partial charge in [0.05, 0.1) is 7.11 Å². The molecule has 2 heteroatoms. The van der Waals surface area contributed by atoms with Crippen molar-refractivity contribution in [3.05, 3.63) is 29.8 Å². The zero-order chi connectivity index (χ0) is 13.7. The number of hydrogen-bond acceptors (Lipinski definition) is 2. The average Bonchev–Trinajstić information content (AvgIpc) is 2.83. The van der Waals surface area contributed by atoms with Gasteiger partial charge in [-0.2, -0.15) is 0 Å². The summed E-state index contributed by atoms with van der Waals surface area (Å²) in [5, 5.41) is 3.70. The molecule has 3 unspecified atom stereocenters. The number of nitrogens with one attached hydrogen (secondary N) is 1. The molecule has 0 amide bonds. The van der Waals surface area contributed by atoms with Gasteiger partial charge in [0.15, 0.2) is 0 Å². The summed E-state index contributed by atoms with van der Waals surface area (Å²) in [4.78, 5) is 0. The minimum atomic E-state index is 0.543. The molecule has 0 saturated heterocycles. The van der Waals surface area contributed by atoms with E-state index in [0.717, 1.165) is 24.0 Å². The van der Waals surface area contributed by atoms with Gasteiger partial charge in [-0.25, -0.2) is 0 Å². The third kappa shape index (κ3) is 4.24. The van der Waals surface area contributed by atoms with Crippen molar-refractivity contribution < 1.29 is 4.74 Å². The van der Waals surface area contributed by atoms with E-state index in [1.165, 1.54) is 31.4 Å². The van der Waals surface area contributed by atoms with Crippen molar-refractivity contribution in [1.29, 1.82) is 0 Å². The van der Waals surface area contributed by atoms with E-state index in [2.05, 4.69) is 31.3 Å². The molecule has 2 rings (SSSR count). The molecule has 0 spiro atoms. The first kappa shape index (κ1) is 14.4. The third-order valence-electron chi connectivity index (χ3n) is 4.47. The Morgan fingerprint density at radius 3 is 2.58 bits per heavy atom. The van der Waals surface area contributed by atoms with Crippen LogP contribution in [0.2, 0.25) is 0 Å². The Hall–Kier alpha value is -1.02. The Labute approximate surface area is 117 Å². The quantitative estimate of drug-likeness (QED) is 0.844. The summed E-state index contributed by atoms with van der Waals surface area (Å²) in [5.74, 6) is 2.73. The summed E-state index contributed by atoms with van der Waals surface area (Å²) in [7, 11) is 1.71. The van der Waals surface area contributed by atoms with Gasteiger partial charge in [0.25, 0.3) is 0 Å². The summed E-state index contributed by atoms with van der Waals surface area (Å²) in [5.41, 5.74) is 1.38. The molecule has 2 nitrogen and oxygen atoms in total. The van der Waals surface area contributed by atoms with Crippen molar-refractivity contribution in [2.24, 2.45) is 11.8 Å². The Morgan fingerprint density at radius 1 is 1.26 bits per heavy atom. The first-order valence-electron chi connectivity index (χ1n) is 7.55. The van der Waals surface area contributed by atoms with Gasteiger partial charge in [-0.05, 0) is 55.8 Å². The van der Waals surface area contributed by atoms with E-state index < -0.39 is 0 Å². The average molecular weight is 261 g/mol. The fourth-order valence-corrected chi connectivity index (χ4v) is 3.07. The van der Waals surface area contributed by atoms with Gasteiger partial charge >= 0.3 is 0 Å². The maximum atomic E-state index is 5.19. The second kappa shape index (κ2) is 6.95. The molecule has 19 heavy (non-hydrogen) atoms. The predicted molar refractivity (Wildman–Crippen MR) is 80.7 cm³/mol. The first-order chi connectivity index (χ1) is 9.19. The van der Waals surface area contributed by atoms with Crippen LogP contribution in [0.5, 0.6) is 5.75 Å². The van der Waals surface area contributed by atoms with Gasteiger partial charge in [-0.15, -0.1) is 0 Å². The molecule has 1 saturated carbocycles. The molecule has 0 radical (unpaired) electrons. The van der Waals surface area contributed by atoms with E-state index >= 15 is 0 Å². The van der Waals surface area contributed by atoms with E-state index in [0.29, 0.717) is 6.04 Å². The van der Waals surface area contributed by atoms with Crippen LogP contribution >= 0.6 is 0 Å². The van der Waals surface area contributed by atoms with Gasteiger partial charge in [-0.3, -0.25) is 0 Å². The largest absolute Gasteiger partial charge is 0.497 e. The second-order valence-corrected chi connectivity index (χ2v) is 6.03. The van der Waals surface area contributed by atoms with E-state index in [1.807, 2.05) is 12.1 Å². The van der Waals surface area contributed by atoms with Crippen LogP contribution in [0.1, 0.15) is 38.7 Å². The lowest BCUT2D eigenvalue weighted by Gasteiger charge is -2.20. The summed E-state index contributed by atoms with van der Waals surface area (Å²) >= 11 is 0. The Balaban J connectivity index is 1.75. The highest BCUT2D eigenvalue weighted by Gasteiger charge is 2.23. The molecule has 0 aromatic heterocycles.